The van der Waals surface area contributed by atoms with Gasteiger partial charge in [-0.2, -0.15) is 0 Å². The molecule has 0 unspecified atom stereocenters. The van der Waals surface area contributed by atoms with Gasteiger partial charge in [0.15, 0.2) is 0 Å². The highest BCUT2D eigenvalue weighted by Gasteiger charge is 2.17. The Morgan fingerprint density at radius 1 is 1.47 bits per heavy atom. The van der Waals surface area contributed by atoms with Crippen LogP contribution in [0.15, 0.2) is 24.3 Å². The van der Waals surface area contributed by atoms with Crippen LogP contribution < -0.4 is 10.3 Å². The number of aliphatic carboxylic acids is 1. The Labute approximate surface area is 97.1 Å². The molecule has 1 rings (SSSR count). The normalized spacial score (nSPS) is 13.1. The van der Waals surface area contributed by atoms with Gasteiger partial charge >= 0.3 is 13.8 Å². The van der Waals surface area contributed by atoms with Gasteiger partial charge in [0.1, 0.15) is 11.8 Å². The van der Waals surface area contributed by atoms with Crippen LogP contribution in [0.1, 0.15) is 5.56 Å². The molecule has 0 aliphatic heterocycles. The summed E-state index contributed by atoms with van der Waals surface area (Å²) in [7, 11) is -4.61. The molecule has 0 radical (unpaired) electrons. The molecule has 0 saturated heterocycles. The number of benzene rings is 1. The molecule has 1 aromatic carbocycles. The van der Waals surface area contributed by atoms with Gasteiger partial charge in [0, 0.05) is 0 Å². The summed E-state index contributed by atoms with van der Waals surface area (Å²) in [6.07, 6.45) is 0.0493. The molecule has 0 saturated carbocycles. The number of phosphoric ester groups is 1. The van der Waals surface area contributed by atoms with Crippen LogP contribution in [-0.4, -0.2) is 26.9 Å². The summed E-state index contributed by atoms with van der Waals surface area (Å²) in [4.78, 5) is 27.7. The van der Waals surface area contributed by atoms with Gasteiger partial charge in [0.05, 0.1) is 0 Å². The predicted octanol–water partition coefficient (Wildman–Crippen LogP) is 0.113. The Morgan fingerprint density at radius 3 is 2.65 bits per heavy atom. The van der Waals surface area contributed by atoms with Crippen LogP contribution in [0.2, 0.25) is 0 Å². The van der Waals surface area contributed by atoms with E-state index in [1.54, 1.807) is 6.07 Å². The highest BCUT2D eigenvalue weighted by atomic mass is 31.2. The van der Waals surface area contributed by atoms with Crippen LogP contribution in [0.25, 0.3) is 0 Å². The van der Waals surface area contributed by atoms with Crippen molar-refractivity contribution in [3.05, 3.63) is 29.8 Å². The van der Waals surface area contributed by atoms with Crippen LogP contribution >= 0.6 is 7.82 Å². The molecule has 7 nitrogen and oxygen atoms in total. The number of carbonyl (C=O) groups is 1. The lowest BCUT2D eigenvalue weighted by atomic mass is 10.1. The third kappa shape index (κ3) is 4.97. The molecule has 0 spiro atoms. The number of carboxylic acids is 1. The smallest absolute Gasteiger partial charge is 0.480 e. The van der Waals surface area contributed by atoms with Crippen molar-refractivity contribution < 1.29 is 28.8 Å². The fraction of sp³-hybridized carbons (Fsp3) is 0.222. The van der Waals surface area contributed by atoms with E-state index in [-0.39, 0.29) is 12.2 Å². The molecule has 0 fully saturated rings. The summed E-state index contributed by atoms with van der Waals surface area (Å²) >= 11 is 0. The third-order valence-corrected chi connectivity index (χ3v) is 2.34. The number of carboxylic acid groups (broad SMARTS) is 1. The molecule has 0 aliphatic rings. The topological polar surface area (TPSA) is 130 Å². The lowest BCUT2D eigenvalue weighted by Crippen LogP contribution is -2.32. The number of hydrogen-bond donors (Lipinski definition) is 4. The van der Waals surface area contributed by atoms with E-state index in [9.17, 15) is 9.36 Å². The minimum absolute atomic E-state index is 0.0339. The molecule has 5 N–H and O–H groups in total. The van der Waals surface area contributed by atoms with Crippen molar-refractivity contribution in [2.24, 2.45) is 5.73 Å². The van der Waals surface area contributed by atoms with Crippen LogP contribution in [0.5, 0.6) is 5.75 Å². The molecule has 1 atom stereocenters. The van der Waals surface area contributed by atoms with Crippen molar-refractivity contribution in [1.82, 2.24) is 0 Å². The Bertz CT molecular complexity index is 457. The minimum atomic E-state index is -4.61. The van der Waals surface area contributed by atoms with Crippen molar-refractivity contribution in [2.45, 2.75) is 12.5 Å². The zero-order valence-electron chi connectivity index (χ0n) is 8.68. The van der Waals surface area contributed by atoms with Gasteiger partial charge in [0.2, 0.25) is 0 Å². The van der Waals surface area contributed by atoms with Crippen LogP contribution in [0, 0.1) is 0 Å². The standard InChI is InChI=1S/C9H12NO6P/c10-8(9(11)12)5-6-2-1-3-7(4-6)16-17(13,14)15/h1-4,8H,5,10H2,(H,11,12)(H2,13,14,15)/t8-/m0/s1. The molecule has 94 valence electrons. The van der Waals surface area contributed by atoms with E-state index in [4.69, 9.17) is 20.6 Å². The van der Waals surface area contributed by atoms with E-state index < -0.39 is 19.8 Å². The van der Waals surface area contributed by atoms with Crippen molar-refractivity contribution in [2.75, 3.05) is 0 Å². The molecule has 8 heteroatoms. The van der Waals surface area contributed by atoms with Crippen LogP contribution in [0.4, 0.5) is 0 Å². The van der Waals surface area contributed by atoms with E-state index in [0.717, 1.165) is 0 Å². The zero-order chi connectivity index (χ0) is 13.1. The number of nitrogens with two attached hydrogens (primary N) is 1. The van der Waals surface area contributed by atoms with E-state index in [1.807, 2.05) is 0 Å². The summed E-state index contributed by atoms with van der Waals surface area (Å²) in [5, 5.41) is 8.62. The Kier molecular flexibility index (Phi) is 4.25. The van der Waals surface area contributed by atoms with Gasteiger partial charge in [-0.05, 0) is 24.1 Å². The number of hydrogen-bond acceptors (Lipinski definition) is 4. The zero-order valence-corrected chi connectivity index (χ0v) is 9.58. The summed E-state index contributed by atoms with van der Waals surface area (Å²) in [6, 6.07) is 4.71. The van der Waals surface area contributed by atoms with E-state index in [2.05, 4.69) is 4.52 Å². The molecule has 0 aromatic heterocycles. The van der Waals surface area contributed by atoms with Gasteiger partial charge in [-0.3, -0.25) is 14.6 Å². The second-order valence-electron chi connectivity index (χ2n) is 3.38. The summed E-state index contributed by atoms with van der Waals surface area (Å²) in [6.45, 7) is 0. The fourth-order valence-corrected chi connectivity index (χ4v) is 1.60. The molecule has 17 heavy (non-hydrogen) atoms. The first-order chi connectivity index (χ1) is 7.78. The summed E-state index contributed by atoms with van der Waals surface area (Å²) in [5.74, 6) is -1.18. The molecule has 0 heterocycles. The van der Waals surface area contributed by atoms with Gasteiger partial charge in [-0.1, -0.05) is 12.1 Å². The lowest BCUT2D eigenvalue weighted by molar-refractivity contribution is -0.138. The number of phosphoric acid groups is 1. The average molecular weight is 261 g/mol. The maximum Gasteiger partial charge on any atom is 0.524 e. The minimum Gasteiger partial charge on any atom is -0.480 e. The first-order valence-corrected chi connectivity index (χ1v) is 6.13. The second kappa shape index (κ2) is 5.29. The molecule has 0 amide bonds. The molecule has 1 aromatic rings. The maximum absolute atomic E-state index is 10.6. The van der Waals surface area contributed by atoms with Crippen LogP contribution in [-0.2, 0) is 15.8 Å². The van der Waals surface area contributed by atoms with Gasteiger partial charge in [0.25, 0.3) is 0 Å². The highest BCUT2D eigenvalue weighted by Crippen LogP contribution is 2.37. The molecular formula is C9H12NO6P. The molecular weight excluding hydrogens is 249 g/mol. The van der Waals surface area contributed by atoms with E-state index in [0.29, 0.717) is 5.56 Å². The van der Waals surface area contributed by atoms with E-state index >= 15 is 0 Å². The Hall–Kier alpha value is -1.40. The van der Waals surface area contributed by atoms with Crippen molar-refractivity contribution in [1.29, 1.82) is 0 Å². The highest BCUT2D eigenvalue weighted by molar-refractivity contribution is 7.46. The average Bonchev–Trinajstić information content (AvgIpc) is 2.15. The van der Waals surface area contributed by atoms with Crippen LogP contribution in [0.3, 0.4) is 0 Å². The van der Waals surface area contributed by atoms with Gasteiger partial charge < -0.3 is 15.4 Å². The quantitative estimate of drug-likeness (QED) is 0.553. The number of rotatable bonds is 5. The Morgan fingerprint density at radius 2 is 2.12 bits per heavy atom. The first kappa shape index (κ1) is 13.7. The molecule has 0 aliphatic carbocycles. The first-order valence-electron chi connectivity index (χ1n) is 4.60. The van der Waals surface area contributed by atoms with Crippen molar-refractivity contribution >= 4 is 13.8 Å². The van der Waals surface area contributed by atoms with Gasteiger partial charge in [-0.15, -0.1) is 0 Å². The SMILES string of the molecule is N[C@@H](Cc1cccc(OP(=O)(O)O)c1)C(=O)O. The predicted molar refractivity (Wildman–Crippen MR) is 58.4 cm³/mol. The summed E-state index contributed by atoms with van der Waals surface area (Å²) < 4.78 is 15.0. The van der Waals surface area contributed by atoms with Gasteiger partial charge in [-0.25, -0.2) is 4.57 Å². The molecule has 0 bridgehead atoms. The van der Waals surface area contributed by atoms with E-state index in [1.165, 1.54) is 18.2 Å². The third-order valence-electron chi connectivity index (χ3n) is 1.90. The van der Waals surface area contributed by atoms with Crippen molar-refractivity contribution in [3.63, 3.8) is 0 Å². The van der Waals surface area contributed by atoms with Crippen molar-refractivity contribution in [3.8, 4) is 5.75 Å². The Balaban J connectivity index is 2.79. The monoisotopic (exact) mass is 261 g/mol. The lowest BCUT2D eigenvalue weighted by Gasteiger charge is -2.09. The fourth-order valence-electron chi connectivity index (χ4n) is 1.21. The summed E-state index contributed by atoms with van der Waals surface area (Å²) in [5.41, 5.74) is 5.85. The largest absolute Gasteiger partial charge is 0.524 e. The maximum atomic E-state index is 10.6. The second-order valence-corrected chi connectivity index (χ2v) is 4.54.